The van der Waals surface area contributed by atoms with E-state index in [0.717, 1.165) is 0 Å². The van der Waals surface area contributed by atoms with E-state index in [1.165, 1.54) is 0 Å². The van der Waals surface area contributed by atoms with Crippen LogP contribution in [0.3, 0.4) is 0 Å². The normalized spacial score (nSPS) is 9.93. The van der Waals surface area contributed by atoms with Gasteiger partial charge in [0.15, 0.2) is 0 Å². The Kier molecular flexibility index (Phi) is 4.06. The second-order valence-corrected chi connectivity index (χ2v) is 2.74. The van der Waals surface area contributed by atoms with Crippen molar-refractivity contribution in [2.24, 2.45) is 5.11 Å². The predicted octanol–water partition coefficient (Wildman–Crippen LogP) is 2.72. The lowest BCUT2D eigenvalue weighted by Crippen LogP contribution is -1.83. The summed E-state index contributed by atoms with van der Waals surface area (Å²) in [4.78, 5) is 2.61. The lowest BCUT2D eigenvalue weighted by atomic mass is 10.2. The van der Waals surface area contributed by atoms with Gasteiger partial charge >= 0.3 is 0 Å². The largest absolute Gasteiger partial charge is 0.507 e. The van der Waals surface area contributed by atoms with E-state index in [4.69, 9.17) is 10.3 Å². The molecule has 1 N–H and O–H groups in total. The third-order valence-corrected chi connectivity index (χ3v) is 1.78. The molecule has 0 saturated heterocycles. The highest BCUT2D eigenvalue weighted by Gasteiger charge is 1.98. The highest BCUT2D eigenvalue weighted by atomic mass is 16.5. The number of nitrogens with zero attached hydrogens (tertiary/aromatic N) is 3. The summed E-state index contributed by atoms with van der Waals surface area (Å²) in [5, 5.41) is 12.8. The van der Waals surface area contributed by atoms with Crippen molar-refractivity contribution in [3.05, 3.63) is 40.3 Å². The van der Waals surface area contributed by atoms with Gasteiger partial charge in [0, 0.05) is 17.0 Å². The number of phenols is 1. The Morgan fingerprint density at radius 3 is 3.07 bits per heavy atom. The first-order chi connectivity index (χ1) is 7.27. The van der Waals surface area contributed by atoms with Gasteiger partial charge in [-0.25, -0.2) is 0 Å². The molecule has 5 nitrogen and oxygen atoms in total. The first-order valence-corrected chi connectivity index (χ1v) is 4.32. The third kappa shape index (κ3) is 3.25. The van der Waals surface area contributed by atoms with E-state index in [-0.39, 0.29) is 12.3 Å². The zero-order valence-corrected chi connectivity index (χ0v) is 8.29. The summed E-state index contributed by atoms with van der Waals surface area (Å²) >= 11 is 0. The number of azide groups is 1. The average molecular weight is 205 g/mol. The van der Waals surface area contributed by atoms with Crippen LogP contribution in [0.25, 0.3) is 16.5 Å². The van der Waals surface area contributed by atoms with Crippen molar-refractivity contribution in [1.82, 2.24) is 0 Å². The minimum absolute atomic E-state index is 0.160. The Labute approximate surface area is 87.2 Å². The Bertz CT molecular complexity index is 409. The van der Waals surface area contributed by atoms with E-state index in [1.54, 1.807) is 37.5 Å². The molecule has 0 atom stereocenters. The van der Waals surface area contributed by atoms with E-state index in [2.05, 4.69) is 10.0 Å². The monoisotopic (exact) mass is 205 g/mol. The maximum Gasteiger partial charge on any atom is 0.123 e. The molecule has 1 aromatic rings. The average Bonchev–Trinajstić information content (AvgIpc) is 2.26. The Hall–Kier alpha value is -2.13. The van der Waals surface area contributed by atoms with Gasteiger partial charge in [-0.2, -0.15) is 0 Å². The van der Waals surface area contributed by atoms with Crippen molar-refractivity contribution in [1.29, 1.82) is 0 Å². The molecular formula is C10H11N3O2. The van der Waals surface area contributed by atoms with E-state index in [1.807, 2.05) is 0 Å². The fourth-order valence-corrected chi connectivity index (χ4v) is 1.06. The number of methoxy groups -OCH3 is 1. The van der Waals surface area contributed by atoms with Crippen molar-refractivity contribution < 1.29 is 9.84 Å². The summed E-state index contributed by atoms with van der Waals surface area (Å²) in [7, 11) is 1.56. The van der Waals surface area contributed by atoms with Crippen LogP contribution < -0.4 is 4.74 Å². The predicted molar refractivity (Wildman–Crippen MR) is 57.7 cm³/mol. The van der Waals surface area contributed by atoms with Crippen LogP contribution in [0, 0.1) is 0 Å². The molecule has 0 unspecified atom stereocenters. The van der Waals surface area contributed by atoms with Crippen LogP contribution >= 0.6 is 0 Å². The summed E-state index contributed by atoms with van der Waals surface area (Å²) in [5.41, 5.74) is 8.68. The standard InChI is InChI=1S/C10H11N3O2/c1-15-9-4-5-10(14)8(7-9)3-2-6-12-13-11/h2-5,7,14H,6H2,1H3/b3-2+. The van der Waals surface area contributed by atoms with Crippen molar-refractivity contribution in [2.45, 2.75) is 0 Å². The Balaban J connectivity index is 2.83. The maximum atomic E-state index is 9.48. The molecule has 78 valence electrons. The number of aromatic hydroxyl groups is 1. The maximum absolute atomic E-state index is 9.48. The fraction of sp³-hybridized carbons (Fsp3) is 0.200. The zero-order chi connectivity index (χ0) is 11.1. The van der Waals surface area contributed by atoms with Crippen LogP contribution in [0.4, 0.5) is 0 Å². The van der Waals surface area contributed by atoms with Crippen molar-refractivity contribution >= 4 is 6.08 Å². The van der Waals surface area contributed by atoms with Crippen LogP contribution in [-0.2, 0) is 0 Å². The molecule has 0 aromatic heterocycles. The number of phenolic OH excluding ortho intramolecular Hbond substituents is 1. The minimum atomic E-state index is 0.160. The molecule has 5 heteroatoms. The fourth-order valence-electron chi connectivity index (χ4n) is 1.06. The lowest BCUT2D eigenvalue weighted by molar-refractivity contribution is 0.412. The van der Waals surface area contributed by atoms with Gasteiger partial charge in [-0.3, -0.25) is 0 Å². The Morgan fingerprint density at radius 1 is 1.60 bits per heavy atom. The van der Waals surface area contributed by atoms with Crippen molar-refractivity contribution in [3.63, 3.8) is 0 Å². The van der Waals surface area contributed by atoms with Gasteiger partial charge in [0.2, 0.25) is 0 Å². The molecule has 0 bridgehead atoms. The molecule has 0 amide bonds. The molecule has 1 rings (SSSR count). The number of hydrogen-bond donors (Lipinski definition) is 1. The van der Waals surface area contributed by atoms with Gasteiger partial charge in [0.1, 0.15) is 11.5 Å². The van der Waals surface area contributed by atoms with E-state index < -0.39 is 0 Å². The van der Waals surface area contributed by atoms with Crippen LogP contribution in [0.5, 0.6) is 11.5 Å². The van der Waals surface area contributed by atoms with Crippen LogP contribution in [-0.4, -0.2) is 18.8 Å². The first kappa shape index (κ1) is 10.9. The molecule has 0 spiro atoms. The third-order valence-electron chi connectivity index (χ3n) is 1.78. The Morgan fingerprint density at radius 2 is 2.40 bits per heavy atom. The van der Waals surface area contributed by atoms with Gasteiger partial charge in [-0.1, -0.05) is 17.3 Å². The van der Waals surface area contributed by atoms with Gasteiger partial charge in [-0.05, 0) is 23.7 Å². The molecular weight excluding hydrogens is 194 g/mol. The van der Waals surface area contributed by atoms with Gasteiger partial charge in [0.05, 0.1) is 7.11 Å². The molecule has 15 heavy (non-hydrogen) atoms. The summed E-state index contributed by atoms with van der Waals surface area (Å²) < 4.78 is 5.01. The quantitative estimate of drug-likeness (QED) is 0.466. The topological polar surface area (TPSA) is 78.2 Å². The smallest absolute Gasteiger partial charge is 0.123 e. The molecule has 0 aliphatic rings. The number of ether oxygens (including phenoxy) is 1. The molecule has 1 aromatic carbocycles. The molecule has 0 aliphatic carbocycles. The number of rotatable bonds is 4. The molecule has 0 radical (unpaired) electrons. The van der Waals surface area contributed by atoms with Crippen LogP contribution in [0.2, 0.25) is 0 Å². The lowest BCUT2D eigenvalue weighted by Gasteiger charge is -2.02. The van der Waals surface area contributed by atoms with E-state index in [9.17, 15) is 5.11 Å². The highest BCUT2D eigenvalue weighted by Crippen LogP contribution is 2.23. The summed E-state index contributed by atoms with van der Waals surface area (Å²) in [6, 6.07) is 4.91. The summed E-state index contributed by atoms with van der Waals surface area (Å²) in [6.45, 7) is 0.257. The molecule has 0 saturated carbocycles. The molecule has 0 heterocycles. The van der Waals surface area contributed by atoms with Gasteiger partial charge in [-0.15, -0.1) is 0 Å². The zero-order valence-electron chi connectivity index (χ0n) is 8.29. The van der Waals surface area contributed by atoms with Gasteiger partial charge < -0.3 is 9.84 Å². The SMILES string of the molecule is COc1ccc(O)c(/C=C/CN=[N+]=[N-])c1. The van der Waals surface area contributed by atoms with Crippen molar-refractivity contribution in [3.8, 4) is 11.5 Å². The molecule has 0 aliphatic heterocycles. The van der Waals surface area contributed by atoms with Gasteiger partial charge in [0.25, 0.3) is 0 Å². The first-order valence-electron chi connectivity index (χ1n) is 4.32. The van der Waals surface area contributed by atoms with Crippen molar-refractivity contribution in [2.75, 3.05) is 13.7 Å². The number of benzene rings is 1. The van der Waals surface area contributed by atoms with E-state index in [0.29, 0.717) is 11.3 Å². The second kappa shape index (κ2) is 5.57. The van der Waals surface area contributed by atoms with Crippen LogP contribution in [0.15, 0.2) is 29.4 Å². The second-order valence-electron chi connectivity index (χ2n) is 2.74. The van der Waals surface area contributed by atoms with Crippen LogP contribution in [0.1, 0.15) is 5.56 Å². The number of hydrogen-bond acceptors (Lipinski definition) is 3. The summed E-state index contributed by atoms with van der Waals surface area (Å²) in [5.74, 6) is 0.823. The summed E-state index contributed by atoms with van der Waals surface area (Å²) in [6.07, 6.45) is 3.33. The minimum Gasteiger partial charge on any atom is -0.507 e. The van der Waals surface area contributed by atoms with E-state index >= 15 is 0 Å². The highest BCUT2D eigenvalue weighted by molar-refractivity contribution is 5.59. The molecule has 0 fully saturated rings.